The van der Waals surface area contributed by atoms with Crippen molar-refractivity contribution in [2.75, 3.05) is 0 Å². The second-order valence-corrected chi connectivity index (χ2v) is 5.58. The largest absolute Gasteiger partial charge is 0.507 e. The van der Waals surface area contributed by atoms with Gasteiger partial charge >= 0.3 is 0 Å². The first-order chi connectivity index (χ1) is 11.3. The summed E-state index contributed by atoms with van der Waals surface area (Å²) in [6, 6.07) is 15.6. The number of nitrogens with zero attached hydrogens (tertiary/aromatic N) is 2. The van der Waals surface area contributed by atoms with Gasteiger partial charge in [-0.1, -0.05) is 30.3 Å². The molecule has 5 aromatic rings. The monoisotopic (exact) mass is 300 g/mol. The standard InChI is InChI=1S/C18H12N4O/c23-17-12-4-2-1-3-10(12)5-6-13(17)18-20-15-7-11-9-19-22-14(11)8-16(15)21-18/h1-9,23H,(H,19,22)(H,20,21). The van der Waals surface area contributed by atoms with Crippen LogP contribution in [0.15, 0.2) is 54.7 Å². The number of aromatic nitrogens is 4. The Labute approximate surface area is 130 Å². The fourth-order valence-corrected chi connectivity index (χ4v) is 3.02. The molecule has 5 heteroatoms. The highest BCUT2D eigenvalue weighted by atomic mass is 16.3. The van der Waals surface area contributed by atoms with E-state index in [2.05, 4.69) is 20.2 Å². The maximum atomic E-state index is 10.6. The summed E-state index contributed by atoms with van der Waals surface area (Å²) in [4.78, 5) is 7.90. The molecule has 2 aromatic heterocycles. The zero-order chi connectivity index (χ0) is 15.4. The SMILES string of the molecule is Oc1c(-c2nc3cc4c[nH]nc4cc3[nH]2)ccc2ccccc12. The number of phenolic OH excluding ortho intramolecular Hbond substituents is 1. The Morgan fingerprint density at radius 1 is 0.913 bits per heavy atom. The lowest BCUT2D eigenvalue weighted by Crippen LogP contribution is -1.83. The van der Waals surface area contributed by atoms with Crippen molar-refractivity contribution in [2.24, 2.45) is 0 Å². The molecule has 110 valence electrons. The number of hydrogen-bond acceptors (Lipinski definition) is 3. The lowest BCUT2D eigenvalue weighted by atomic mass is 10.1. The summed E-state index contributed by atoms with van der Waals surface area (Å²) < 4.78 is 0. The fraction of sp³-hybridized carbons (Fsp3) is 0. The van der Waals surface area contributed by atoms with Crippen molar-refractivity contribution < 1.29 is 5.11 Å². The number of hydrogen-bond donors (Lipinski definition) is 3. The molecular weight excluding hydrogens is 288 g/mol. The summed E-state index contributed by atoms with van der Waals surface area (Å²) in [6.45, 7) is 0. The third-order valence-electron chi connectivity index (χ3n) is 4.19. The fourth-order valence-electron chi connectivity index (χ4n) is 3.02. The summed E-state index contributed by atoms with van der Waals surface area (Å²) in [5.41, 5.74) is 3.32. The van der Waals surface area contributed by atoms with E-state index < -0.39 is 0 Å². The second-order valence-electron chi connectivity index (χ2n) is 5.58. The van der Waals surface area contributed by atoms with E-state index in [0.29, 0.717) is 11.4 Å². The molecular formula is C18H12N4O. The zero-order valence-corrected chi connectivity index (χ0v) is 12.0. The molecule has 0 atom stereocenters. The van der Waals surface area contributed by atoms with E-state index in [1.807, 2.05) is 54.7 Å². The minimum absolute atomic E-state index is 0.243. The van der Waals surface area contributed by atoms with Crippen LogP contribution in [0.2, 0.25) is 0 Å². The smallest absolute Gasteiger partial charge is 0.142 e. The number of fused-ring (bicyclic) bond motifs is 3. The third kappa shape index (κ3) is 1.73. The summed E-state index contributed by atoms with van der Waals surface area (Å²) in [6.07, 6.45) is 1.84. The van der Waals surface area contributed by atoms with Crippen molar-refractivity contribution in [3.8, 4) is 17.1 Å². The van der Waals surface area contributed by atoms with E-state index in [0.717, 1.165) is 32.7 Å². The van der Waals surface area contributed by atoms with Crippen LogP contribution in [0, 0.1) is 0 Å². The predicted octanol–water partition coefficient (Wildman–Crippen LogP) is 3.97. The maximum absolute atomic E-state index is 10.6. The average molecular weight is 300 g/mol. The third-order valence-corrected chi connectivity index (χ3v) is 4.19. The molecule has 5 nitrogen and oxygen atoms in total. The molecule has 3 aromatic carbocycles. The predicted molar refractivity (Wildman–Crippen MR) is 90.4 cm³/mol. The highest BCUT2D eigenvalue weighted by Gasteiger charge is 2.13. The Balaban J connectivity index is 1.77. The zero-order valence-electron chi connectivity index (χ0n) is 12.0. The number of phenols is 1. The van der Waals surface area contributed by atoms with Gasteiger partial charge in [-0.05, 0) is 23.6 Å². The van der Waals surface area contributed by atoms with Gasteiger partial charge in [-0.3, -0.25) is 5.10 Å². The maximum Gasteiger partial charge on any atom is 0.142 e. The first-order valence-electron chi connectivity index (χ1n) is 7.34. The van der Waals surface area contributed by atoms with Crippen molar-refractivity contribution in [3.05, 3.63) is 54.7 Å². The van der Waals surface area contributed by atoms with Crippen molar-refractivity contribution in [1.29, 1.82) is 0 Å². The highest BCUT2D eigenvalue weighted by Crippen LogP contribution is 2.35. The van der Waals surface area contributed by atoms with E-state index in [4.69, 9.17) is 0 Å². The number of benzene rings is 3. The van der Waals surface area contributed by atoms with E-state index >= 15 is 0 Å². The van der Waals surface area contributed by atoms with E-state index in [9.17, 15) is 5.11 Å². The molecule has 0 saturated carbocycles. The average Bonchev–Trinajstić information content (AvgIpc) is 3.18. The Bertz CT molecular complexity index is 1140. The summed E-state index contributed by atoms with van der Waals surface area (Å²) >= 11 is 0. The van der Waals surface area contributed by atoms with Crippen LogP contribution in [0.3, 0.4) is 0 Å². The number of aromatic hydroxyl groups is 1. The molecule has 23 heavy (non-hydrogen) atoms. The van der Waals surface area contributed by atoms with Crippen molar-refractivity contribution in [1.82, 2.24) is 20.2 Å². The van der Waals surface area contributed by atoms with Gasteiger partial charge in [0.05, 0.1) is 22.1 Å². The van der Waals surface area contributed by atoms with Gasteiger partial charge in [0.15, 0.2) is 0 Å². The molecule has 0 fully saturated rings. The molecule has 2 heterocycles. The topological polar surface area (TPSA) is 77.6 Å². The first-order valence-corrected chi connectivity index (χ1v) is 7.34. The van der Waals surface area contributed by atoms with Crippen molar-refractivity contribution >= 4 is 32.7 Å². The summed E-state index contributed by atoms with van der Waals surface area (Å²) in [5.74, 6) is 0.896. The molecule has 3 N–H and O–H groups in total. The van der Waals surface area contributed by atoms with Crippen LogP contribution in [-0.4, -0.2) is 25.3 Å². The van der Waals surface area contributed by atoms with Crippen molar-refractivity contribution in [3.63, 3.8) is 0 Å². The highest BCUT2D eigenvalue weighted by molar-refractivity contribution is 5.97. The van der Waals surface area contributed by atoms with Crippen LogP contribution in [0.1, 0.15) is 0 Å². The number of imidazole rings is 1. The summed E-state index contributed by atoms with van der Waals surface area (Å²) in [5, 5.41) is 20.5. The molecule has 0 aliphatic rings. The molecule has 0 saturated heterocycles. The van der Waals surface area contributed by atoms with Gasteiger partial charge in [0.2, 0.25) is 0 Å². The molecule has 0 spiro atoms. The molecule has 0 radical (unpaired) electrons. The Hall–Kier alpha value is -3.34. The molecule has 5 rings (SSSR count). The van der Waals surface area contributed by atoms with E-state index in [1.165, 1.54) is 0 Å². The minimum atomic E-state index is 0.243. The van der Waals surface area contributed by atoms with Crippen LogP contribution in [-0.2, 0) is 0 Å². The molecule has 0 unspecified atom stereocenters. The molecule has 0 aliphatic carbocycles. The van der Waals surface area contributed by atoms with Crippen LogP contribution >= 0.6 is 0 Å². The number of rotatable bonds is 1. The quantitative estimate of drug-likeness (QED) is 0.438. The van der Waals surface area contributed by atoms with Crippen LogP contribution in [0.4, 0.5) is 0 Å². The van der Waals surface area contributed by atoms with Gasteiger partial charge in [-0.15, -0.1) is 0 Å². The molecule has 0 aliphatic heterocycles. The summed E-state index contributed by atoms with van der Waals surface area (Å²) in [7, 11) is 0. The number of H-pyrrole nitrogens is 2. The van der Waals surface area contributed by atoms with E-state index in [1.54, 1.807) is 0 Å². The Kier molecular flexibility index (Phi) is 2.30. The van der Waals surface area contributed by atoms with Gasteiger partial charge < -0.3 is 10.1 Å². The van der Waals surface area contributed by atoms with Crippen LogP contribution < -0.4 is 0 Å². The molecule has 0 amide bonds. The minimum Gasteiger partial charge on any atom is -0.507 e. The second kappa shape index (κ2) is 4.33. The Morgan fingerprint density at radius 2 is 1.83 bits per heavy atom. The van der Waals surface area contributed by atoms with Crippen molar-refractivity contribution in [2.45, 2.75) is 0 Å². The van der Waals surface area contributed by atoms with E-state index in [-0.39, 0.29) is 5.75 Å². The normalized spacial score (nSPS) is 11.7. The number of aromatic amines is 2. The van der Waals surface area contributed by atoms with Gasteiger partial charge in [-0.2, -0.15) is 5.10 Å². The first kappa shape index (κ1) is 12.2. The van der Waals surface area contributed by atoms with Gasteiger partial charge in [0, 0.05) is 17.0 Å². The van der Waals surface area contributed by atoms with Gasteiger partial charge in [0.25, 0.3) is 0 Å². The van der Waals surface area contributed by atoms with Crippen LogP contribution in [0.25, 0.3) is 44.1 Å². The molecule has 0 bridgehead atoms. The van der Waals surface area contributed by atoms with Gasteiger partial charge in [0.1, 0.15) is 11.6 Å². The lowest BCUT2D eigenvalue weighted by molar-refractivity contribution is 0.483. The van der Waals surface area contributed by atoms with Gasteiger partial charge in [-0.25, -0.2) is 4.98 Å². The van der Waals surface area contributed by atoms with Crippen LogP contribution in [0.5, 0.6) is 5.75 Å². The number of nitrogens with one attached hydrogen (secondary N) is 2. The Morgan fingerprint density at radius 3 is 2.78 bits per heavy atom. The lowest BCUT2D eigenvalue weighted by Gasteiger charge is -2.05.